The molecule has 0 fully saturated rings. The second kappa shape index (κ2) is 5.11. The van der Waals surface area contributed by atoms with Crippen molar-refractivity contribution in [2.45, 2.75) is 25.1 Å². The second-order valence-corrected chi connectivity index (χ2v) is 4.64. The Hall–Kier alpha value is -1.10. The fourth-order valence-electron chi connectivity index (χ4n) is 1.32. The predicted molar refractivity (Wildman–Crippen MR) is 62.8 cm³/mol. The van der Waals surface area contributed by atoms with E-state index in [0.717, 1.165) is 24.0 Å². The van der Waals surface area contributed by atoms with Crippen molar-refractivity contribution in [1.29, 1.82) is 0 Å². The molecule has 0 amide bonds. The Labute approximate surface area is 93.6 Å². The minimum atomic E-state index is 0.651. The first kappa shape index (κ1) is 10.4. The number of amidine groups is 1. The lowest BCUT2D eigenvalue weighted by Gasteiger charge is -2.05. The molecular weight excluding hydrogens is 208 g/mol. The summed E-state index contributed by atoms with van der Waals surface area (Å²) in [7, 11) is 0. The number of aliphatic imine (C=N–C) groups is 1. The summed E-state index contributed by atoms with van der Waals surface area (Å²) >= 11 is 1.83. The van der Waals surface area contributed by atoms with Gasteiger partial charge in [0.05, 0.1) is 18.8 Å². The van der Waals surface area contributed by atoms with Crippen LogP contribution in [0, 0.1) is 0 Å². The van der Waals surface area contributed by atoms with Crippen LogP contribution in [0.4, 0.5) is 0 Å². The minimum absolute atomic E-state index is 0.651. The number of nitrogens with zero attached hydrogens (tertiary/aromatic N) is 3. The molecule has 5 heteroatoms. The molecule has 0 aliphatic carbocycles. The summed E-state index contributed by atoms with van der Waals surface area (Å²) in [5, 5.41) is 4.98. The second-order valence-electron chi connectivity index (χ2n) is 3.35. The molecule has 1 aliphatic rings. The summed E-state index contributed by atoms with van der Waals surface area (Å²) in [6.45, 7) is 3.86. The highest BCUT2D eigenvalue weighted by Crippen LogP contribution is 2.21. The molecule has 0 bridgehead atoms. The minimum Gasteiger partial charge on any atom is -0.359 e. The van der Waals surface area contributed by atoms with Gasteiger partial charge in [-0.1, -0.05) is 18.7 Å². The van der Waals surface area contributed by atoms with E-state index in [-0.39, 0.29) is 0 Å². The van der Waals surface area contributed by atoms with E-state index >= 15 is 0 Å². The highest BCUT2D eigenvalue weighted by molar-refractivity contribution is 8.14. The van der Waals surface area contributed by atoms with Crippen LogP contribution in [0.3, 0.4) is 0 Å². The zero-order valence-corrected chi connectivity index (χ0v) is 9.50. The van der Waals surface area contributed by atoms with Gasteiger partial charge in [-0.3, -0.25) is 4.99 Å². The summed E-state index contributed by atoms with van der Waals surface area (Å²) in [5.41, 5.74) is 0.994. The van der Waals surface area contributed by atoms with E-state index in [1.165, 1.54) is 6.42 Å². The van der Waals surface area contributed by atoms with E-state index in [4.69, 9.17) is 0 Å². The van der Waals surface area contributed by atoms with Crippen LogP contribution in [0.25, 0.3) is 0 Å². The van der Waals surface area contributed by atoms with Crippen molar-refractivity contribution in [3.8, 4) is 0 Å². The molecule has 15 heavy (non-hydrogen) atoms. The van der Waals surface area contributed by atoms with Crippen molar-refractivity contribution < 1.29 is 0 Å². The summed E-state index contributed by atoms with van der Waals surface area (Å²) in [6, 6.07) is 1.91. The maximum absolute atomic E-state index is 4.43. The van der Waals surface area contributed by atoms with Crippen molar-refractivity contribution in [2.75, 3.05) is 6.54 Å². The first-order chi connectivity index (χ1) is 7.38. The third kappa shape index (κ3) is 2.92. The summed E-state index contributed by atoms with van der Waals surface area (Å²) < 4.78 is 0. The van der Waals surface area contributed by atoms with E-state index in [1.54, 1.807) is 12.5 Å². The molecule has 2 heterocycles. The number of nitrogens with one attached hydrogen (secondary N) is 1. The fourth-order valence-corrected chi connectivity index (χ4v) is 2.25. The fraction of sp³-hybridized carbons (Fsp3) is 0.500. The molecule has 1 N–H and O–H groups in total. The molecule has 0 aromatic carbocycles. The van der Waals surface area contributed by atoms with Crippen LogP contribution in [0.5, 0.6) is 0 Å². The van der Waals surface area contributed by atoms with Crippen LogP contribution in [0.2, 0.25) is 0 Å². The maximum atomic E-state index is 4.43. The van der Waals surface area contributed by atoms with Gasteiger partial charge in [-0.25, -0.2) is 9.97 Å². The molecule has 1 aromatic heterocycles. The average molecular weight is 222 g/mol. The van der Waals surface area contributed by atoms with Gasteiger partial charge in [-0.15, -0.1) is 0 Å². The highest BCUT2D eigenvalue weighted by Gasteiger charge is 2.16. The molecule has 0 radical (unpaired) electrons. The Morgan fingerprint density at radius 2 is 2.53 bits per heavy atom. The highest BCUT2D eigenvalue weighted by atomic mass is 32.2. The SMILES string of the molecule is CCC1CN=C(NCc2ccncn2)S1. The largest absolute Gasteiger partial charge is 0.359 e. The van der Waals surface area contributed by atoms with E-state index in [1.807, 2.05) is 17.8 Å². The van der Waals surface area contributed by atoms with Gasteiger partial charge in [0.15, 0.2) is 5.17 Å². The van der Waals surface area contributed by atoms with Gasteiger partial charge in [0.25, 0.3) is 0 Å². The van der Waals surface area contributed by atoms with Crippen LogP contribution in [0.15, 0.2) is 23.6 Å². The molecule has 4 nitrogen and oxygen atoms in total. The van der Waals surface area contributed by atoms with Crippen LogP contribution in [0.1, 0.15) is 19.0 Å². The first-order valence-electron chi connectivity index (χ1n) is 5.08. The van der Waals surface area contributed by atoms with E-state index < -0.39 is 0 Å². The summed E-state index contributed by atoms with van der Waals surface area (Å²) in [4.78, 5) is 12.4. The Balaban J connectivity index is 1.80. The van der Waals surface area contributed by atoms with Gasteiger partial charge < -0.3 is 5.32 Å². The molecule has 1 atom stereocenters. The summed E-state index contributed by atoms with van der Waals surface area (Å²) in [6.07, 6.45) is 4.49. The van der Waals surface area contributed by atoms with Crippen molar-refractivity contribution in [1.82, 2.24) is 15.3 Å². The third-order valence-corrected chi connectivity index (χ3v) is 3.55. The van der Waals surface area contributed by atoms with E-state index in [0.29, 0.717) is 5.25 Å². The lowest BCUT2D eigenvalue weighted by Crippen LogP contribution is -2.19. The third-order valence-electron chi connectivity index (χ3n) is 2.24. The number of hydrogen-bond acceptors (Lipinski definition) is 5. The zero-order chi connectivity index (χ0) is 10.5. The topological polar surface area (TPSA) is 50.2 Å². The molecule has 1 unspecified atom stereocenters. The summed E-state index contributed by atoms with van der Waals surface area (Å²) in [5.74, 6) is 0. The molecule has 0 spiro atoms. The lowest BCUT2D eigenvalue weighted by molar-refractivity contribution is 0.835. The number of rotatable bonds is 3. The Kier molecular flexibility index (Phi) is 3.55. The van der Waals surface area contributed by atoms with Crippen molar-refractivity contribution in [3.05, 3.63) is 24.3 Å². The Morgan fingerprint density at radius 3 is 3.20 bits per heavy atom. The smallest absolute Gasteiger partial charge is 0.157 e. The van der Waals surface area contributed by atoms with Crippen LogP contribution >= 0.6 is 11.8 Å². The van der Waals surface area contributed by atoms with Gasteiger partial charge >= 0.3 is 0 Å². The van der Waals surface area contributed by atoms with Crippen molar-refractivity contribution in [3.63, 3.8) is 0 Å². The maximum Gasteiger partial charge on any atom is 0.157 e. The molecular formula is C10H14N4S. The van der Waals surface area contributed by atoms with Crippen molar-refractivity contribution >= 4 is 16.9 Å². The van der Waals surface area contributed by atoms with Crippen molar-refractivity contribution in [2.24, 2.45) is 4.99 Å². The van der Waals surface area contributed by atoms with Crippen LogP contribution in [-0.4, -0.2) is 26.9 Å². The first-order valence-corrected chi connectivity index (χ1v) is 5.96. The molecule has 0 saturated carbocycles. The van der Waals surface area contributed by atoms with E-state index in [9.17, 15) is 0 Å². The monoisotopic (exact) mass is 222 g/mol. The predicted octanol–water partition coefficient (Wildman–Crippen LogP) is 1.45. The van der Waals surface area contributed by atoms with Gasteiger partial charge in [0.1, 0.15) is 6.33 Å². The molecule has 0 saturated heterocycles. The molecule has 2 rings (SSSR count). The van der Waals surface area contributed by atoms with Crippen LogP contribution < -0.4 is 5.32 Å². The normalized spacial score (nSPS) is 20.1. The van der Waals surface area contributed by atoms with Gasteiger partial charge in [0, 0.05) is 11.4 Å². The lowest BCUT2D eigenvalue weighted by atomic mass is 10.3. The number of thioether (sulfide) groups is 1. The number of aromatic nitrogens is 2. The van der Waals surface area contributed by atoms with Gasteiger partial charge in [-0.05, 0) is 12.5 Å². The van der Waals surface area contributed by atoms with Gasteiger partial charge in [0.2, 0.25) is 0 Å². The average Bonchev–Trinajstić information content (AvgIpc) is 2.76. The Morgan fingerprint density at radius 1 is 1.60 bits per heavy atom. The standard InChI is InChI=1S/C10H14N4S/c1-2-9-6-13-10(15-9)12-5-8-3-4-11-7-14-8/h3-4,7,9H,2,5-6H2,1H3,(H,12,13). The quantitative estimate of drug-likeness (QED) is 0.841. The zero-order valence-electron chi connectivity index (χ0n) is 8.68. The molecule has 1 aliphatic heterocycles. The molecule has 1 aromatic rings. The van der Waals surface area contributed by atoms with Gasteiger partial charge in [-0.2, -0.15) is 0 Å². The van der Waals surface area contributed by atoms with Crippen LogP contribution in [-0.2, 0) is 6.54 Å². The Bertz CT molecular complexity index is 339. The number of hydrogen-bond donors (Lipinski definition) is 1. The molecule has 80 valence electrons. The van der Waals surface area contributed by atoms with E-state index in [2.05, 4.69) is 27.2 Å².